The summed E-state index contributed by atoms with van der Waals surface area (Å²) < 4.78 is 7.08. The fourth-order valence-corrected chi connectivity index (χ4v) is 7.01. The van der Waals surface area contributed by atoms with Gasteiger partial charge in [-0.2, -0.15) is 0 Å². The molecule has 4 aromatic rings. The van der Waals surface area contributed by atoms with Gasteiger partial charge in [-0.1, -0.05) is 49.4 Å². The van der Waals surface area contributed by atoms with E-state index < -0.39 is 35.8 Å². The number of phenolic OH excluding ortho intramolecular Hbond substituents is 1. The van der Waals surface area contributed by atoms with Gasteiger partial charge < -0.3 is 35.6 Å². The lowest BCUT2D eigenvalue weighted by Crippen LogP contribution is -2.57. The molecule has 0 radical (unpaired) electrons. The predicted octanol–water partition coefficient (Wildman–Crippen LogP) is 3.83. The molecule has 49 heavy (non-hydrogen) atoms. The monoisotopic (exact) mass is 684 g/mol. The Labute approximate surface area is 288 Å². The molecule has 3 aliphatic rings. The average Bonchev–Trinajstić information content (AvgIpc) is 3.36. The number of rotatable bonds is 3. The Hall–Kier alpha value is -5.17. The van der Waals surface area contributed by atoms with Crippen LogP contribution in [0.3, 0.4) is 0 Å². The molecule has 256 valence electrons. The summed E-state index contributed by atoms with van der Waals surface area (Å²) in [6, 6.07) is 16.5. The van der Waals surface area contributed by atoms with E-state index in [1.54, 1.807) is 42.2 Å². The SMILES string of the molecule is CC(C)[C@@H]1NC(=O)c2cc(ccc2O)Oc2ccc(cc2)C[C@@H](C(=O)N2CCCN(c3nc4ccccc4s3)CC2)NC(=O)[C@H](C)NC1=O. The zero-order valence-electron chi connectivity index (χ0n) is 27.6. The van der Waals surface area contributed by atoms with E-state index in [0.29, 0.717) is 31.1 Å². The first kappa shape index (κ1) is 33.7. The molecule has 12 nitrogen and oxygen atoms in total. The number of nitrogens with one attached hydrogen (secondary N) is 3. The molecule has 3 aliphatic heterocycles. The number of phenols is 1. The van der Waals surface area contributed by atoms with Crippen LogP contribution in [0.1, 0.15) is 43.1 Å². The molecule has 0 saturated carbocycles. The van der Waals surface area contributed by atoms with Gasteiger partial charge in [0, 0.05) is 32.6 Å². The summed E-state index contributed by atoms with van der Waals surface area (Å²) in [5.74, 6) is -1.80. The molecule has 7 rings (SSSR count). The zero-order chi connectivity index (χ0) is 34.7. The molecule has 4 bridgehead atoms. The van der Waals surface area contributed by atoms with Crippen LogP contribution in [0.15, 0.2) is 66.7 Å². The molecule has 0 spiro atoms. The highest BCUT2D eigenvalue weighted by Crippen LogP contribution is 2.30. The minimum atomic E-state index is -1.01. The van der Waals surface area contributed by atoms with E-state index in [1.165, 1.54) is 25.1 Å². The van der Waals surface area contributed by atoms with Crippen LogP contribution < -0.4 is 25.6 Å². The van der Waals surface area contributed by atoms with Crippen LogP contribution in [-0.4, -0.2) is 82.9 Å². The Kier molecular flexibility index (Phi) is 10.00. The Morgan fingerprint density at radius 3 is 2.43 bits per heavy atom. The molecule has 1 aromatic heterocycles. The summed E-state index contributed by atoms with van der Waals surface area (Å²) in [6.07, 6.45) is 0.958. The Morgan fingerprint density at radius 1 is 0.918 bits per heavy atom. The second-order valence-corrected chi connectivity index (χ2v) is 13.8. The van der Waals surface area contributed by atoms with Crippen LogP contribution in [0, 0.1) is 5.92 Å². The molecule has 4 N–H and O–H groups in total. The van der Waals surface area contributed by atoms with Crippen molar-refractivity contribution in [2.75, 3.05) is 31.1 Å². The third-order valence-corrected chi connectivity index (χ3v) is 9.87. The molecule has 3 atom stereocenters. The van der Waals surface area contributed by atoms with E-state index in [0.717, 1.165) is 33.9 Å². The van der Waals surface area contributed by atoms with Crippen LogP contribution >= 0.6 is 11.3 Å². The number of carbonyl (C=O) groups is 4. The number of anilines is 1. The van der Waals surface area contributed by atoms with Gasteiger partial charge in [-0.3, -0.25) is 19.2 Å². The minimum Gasteiger partial charge on any atom is -0.507 e. The fraction of sp³-hybridized carbons (Fsp3) is 0.361. The lowest BCUT2D eigenvalue weighted by atomic mass is 10.0. The fourth-order valence-electron chi connectivity index (χ4n) is 5.99. The summed E-state index contributed by atoms with van der Waals surface area (Å²) in [6.45, 7) is 7.40. The van der Waals surface area contributed by atoms with Crippen LogP contribution in [0.2, 0.25) is 0 Å². The molecule has 13 heteroatoms. The quantitative estimate of drug-likeness (QED) is 0.238. The number of amides is 4. The first-order valence-corrected chi connectivity index (χ1v) is 17.3. The number of fused-ring (bicyclic) bond motifs is 12. The van der Waals surface area contributed by atoms with Crippen molar-refractivity contribution in [2.45, 2.75) is 51.7 Å². The van der Waals surface area contributed by atoms with Crippen molar-refractivity contribution in [2.24, 2.45) is 5.92 Å². The maximum Gasteiger partial charge on any atom is 0.255 e. The number of nitrogens with zero attached hydrogens (tertiary/aromatic N) is 3. The van der Waals surface area contributed by atoms with E-state index in [4.69, 9.17) is 9.72 Å². The summed E-state index contributed by atoms with van der Waals surface area (Å²) in [5, 5.41) is 19.6. The molecule has 3 aromatic carbocycles. The second-order valence-electron chi connectivity index (χ2n) is 12.7. The number of para-hydroxylation sites is 1. The van der Waals surface area contributed by atoms with Gasteiger partial charge in [0.1, 0.15) is 35.4 Å². The third kappa shape index (κ3) is 7.78. The van der Waals surface area contributed by atoms with Crippen molar-refractivity contribution >= 4 is 50.3 Å². The first-order chi connectivity index (χ1) is 23.5. The highest BCUT2D eigenvalue weighted by Gasteiger charge is 2.32. The number of ether oxygens (including phenoxy) is 1. The molecular formula is C36H40N6O6S. The third-order valence-electron chi connectivity index (χ3n) is 8.77. The van der Waals surface area contributed by atoms with Gasteiger partial charge in [0.25, 0.3) is 5.91 Å². The Morgan fingerprint density at radius 2 is 1.67 bits per heavy atom. The highest BCUT2D eigenvalue weighted by molar-refractivity contribution is 7.22. The van der Waals surface area contributed by atoms with Crippen molar-refractivity contribution < 1.29 is 29.0 Å². The number of hydrogen-bond donors (Lipinski definition) is 4. The maximum atomic E-state index is 14.1. The Balaban J connectivity index is 1.25. The maximum absolute atomic E-state index is 14.1. The van der Waals surface area contributed by atoms with Gasteiger partial charge in [-0.05, 0) is 67.3 Å². The number of benzene rings is 3. The standard InChI is InChI=1S/C36H40N6O6S/c1-21(2)31-34(46)37-22(3)32(44)38-28(19-23-9-11-24(12-10-23)48-25-13-14-29(43)26(20-25)33(45)40-31)35(47)41-15-6-16-42(18-17-41)36-39-27-7-4-5-8-30(27)49-36/h4-5,7-14,20-22,28,31,43H,6,15-19H2,1-3H3,(H,37,46)(H,38,44)(H,40,45)/t22-,28-,31-/m0/s1. The van der Waals surface area contributed by atoms with E-state index in [9.17, 15) is 24.3 Å². The molecule has 1 fully saturated rings. The van der Waals surface area contributed by atoms with Crippen LogP contribution in [0.4, 0.5) is 5.13 Å². The number of aromatic nitrogens is 1. The van der Waals surface area contributed by atoms with Gasteiger partial charge in [0.05, 0.1) is 15.8 Å². The first-order valence-electron chi connectivity index (χ1n) is 16.5. The summed E-state index contributed by atoms with van der Waals surface area (Å²) in [5.41, 5.74) is 1.69. The summed E-state index contributed by atoms with van der Waals surface area (Å²) in [4.78, 5) is 63.1. The van der Waals surface area contributed by atoms with Gasteiger partial charge >= 0.3 is 0 Å². The lowest BCUT2D eigenvalue weighted by Gasteiger charge is -2.29. The van der Waals surface area contributed by atoms with Gasteiger partial charge in [-0.15, -0.1) is 0 Å². The highest BCUT2D eigenvalue weighted by atomic mass is 32.1. The summed E-state index contributed by atoms with van der Waals surface area (Å²) >= 11 is 1.63. The normalized spacial score (nSPS) is 20.9. The van der Waals surface area contributed by atoms with Crippen molar-refractivity contribution in [3.05, 3.63) is 77.9 Å². The largest absolute Gasteiger partial charge is 0.507 e. The predicted molar refractivity (Wildman–Crippen MR) is 187 cm³/mol. The topological polar surface area (TPSA) is 153 Å². The van der Waals surface area contributed by atoms with Crippen molar-refractivity contribution in [1.29, 1.82) is 0 Å². The second kappa shape index (κ2) is 14.5. The van der Waals surface area contributed by atoms with E-state index in [1.807, 2.05) is 30.3 Å². The Bertz CT molecular complexity index is 1830. The van der Waals surface area contributed by atoms with Crippen LogP contribution in [0.25, 0.3) is 10.2 Å². The summed E-state index contributed by atoms with van der Waals surface area (Å²) in [7, 11) is 0. The zero-order valence-corrected chi connectivity index (χ0v) is 28.5. The number of thiazole rings is 1. The van der Waals surface area contributed by atoms with Gasteiger partial charge in [0.15, 0.2) is 5.13 Å². The smallest absolute Gasteiger partial charge is 0.255 e. The number of hydrogen-bond acceptors (Lipinski definition) is 9. The van der Waals surface area contributed by atoms with E-state index >= 15 is 0 Å². The van der Waals surface area contributed by atoms with Crippen LogP contribution in [0.5, 0.6) is 17.2 Å². The minimum absolute atomic E-state index is 0.0578. The number of aromatic hydroxyl groups is 1. The van der Waals surface area contributed by atoms with E-state index in [-0.39, 0.29) is 29.6 Å². The van der Waals surface area contributed by atoms with Gasteiger partial charge in [-0.25, -0.2) is 4.98 Å². The molecule has 4 amide bonds. The molecule has 0 aliphatic carbocycles. The lowest BCUT2D eigenvalue weighted by molar-refractivity contribution is -0.137. The van der Waals surface area contributed by atoms with Crippen molar-refractivity contribution in [1.82, 2.24) is 25.8 Å². The molecular weight excluding hydrogens is 644 g/mol. The molecule has 4 heterocycles. The van der Waals surface area contributed by atoms with Crippen molar-refractivity contribution in [3.63, 3.8) is 0 Å². The van der Waals surface area contributed by atoms with Crippen LogP contribution in [-0.2, 0) is 20.8 Å². The number of carbonyl (C=O) groups excluding carboxylic acids is 4. The van der Waals surface area contributed by atoms with Crippen molar-refractivity contribution in [3.8, 4) is 17.2 Å². The molecule has 0 unspecified atom stereocenters. The average molecular weight is 685 g/mol. The van der Waals surface area contributed by atoms with E-state index in [2.05, 4.69) is 26.9 Å². The molecule has 1 saturated heterocycles. The van der Waals surface area contributed by atoms with Gasteiger partial charge in [0.2, 0.25) is 17.7 Å².